The molecule has 0 saturated carbocycles. The highest BCUT2D eigenvalue weighted by Crippen LogP contribution is 2.25. The van der Waals surface area contributed by atoms with Gasteiger partial charge >= 0.3 is 0 Å². The summed E-state index contributed by atoms with van der Waals surface area (Å²) in [6.45, 7) is 2.00. The van der Waals surface area contributed by atoms with Crippen LogP contribution in [0, 0.1) is 5.92 Å². The van der Waals surface area contributed by atoms with Gasteiger partial charge in [-0.15, -0.1) is 0 Å². The molecule has 0 aliphatic carbocycles. The summed E-state index contributed by atoms with van der Waals surface area (Å²) < 4.78 is 0. The number of carbonyl (C=O) groups excluding carboxylic acids is 1. The summed E-state index contributed by atoms with van der Waals surface area (Å²) in [5.41, 5.74) is 6.86. The first-order valence-electron chi connectivity index (χ1n) is 5.97. The predicted molar refractivity (Wildman–Crippen MR) is 67.0 cm³/mol. The van der Waals surface area contributed by atoms with Crippen LogP contribution in [0.15, 0.2) is 24.3 Å². The fourth-order valence-corrected chi connectivity index (χ4v) is 2.31. The van der Waals surface area contributed by atoms with Crippen molar-refractivity contribution < 1.29 is 9.90 Å². The molecule has 1 heterocycles. The molecule has 0 spiro atoms. The Morgan fingerprint density at radius 1 is 1.35 bits per heavy atom. The van der Waals surface area contributed by atoms with E-state index in [4.69, 9.17) is 10.8 Å². The highest BCUT2D eigenvalue weighted by Gasteiger charge is 2.21. The molecule has 1 fully saturated rings. The summed E-state index contributed by atoms with van der Waals surface area (Å²) in [7, 11) is 0. The summed E-state index contributed by atoms with van der Waals surface area (Å²) >= 11 is 0. The van der Waals surface area contributed by atoms with Gasteiger partial charge < -0.3 is 15.7 Å². The molecular formula is C13H18N2O2. The monoisotopic (exact) mass is 234 g/mol. The van der Waals surface area contributed by atoms with Crippen LogP contribution >= 0.6 is 0 Å². The number of carbonyl (C=O) groups is 1. The molecular weight excluding hydrogens is 216 g/mol. The second kappa shape index (κ2) is 5.19. The van der Waals surface area contributed by atoms with E-state index in [1.807, 2.05) is 18.2 Å². The normalized spacial score (nSPS) is 17.1. The Kier molecular flexibility index (Phi) is 3.64. The summed E-state index contributed by atoms with van der Waals surface area (Å²) in [4.78, 5) is 13.5. The third-order valence-electron chi connectivity index (χ3n) is 3.38. The molecule has 1 amide bonds. The fourth-order valence-electron chi connectivity index (χ4n) is 2.31. The molecule has 0 unspecified atom stereocenters. The van der Waals surface area contributed by atoms with E-state index in [-0.39, 0.29) is 12.5 Å². The van der Waals surface area contributed by atoms with Crippen LogP contribution in [0.2, 0.25) is 0 Å². The number of piperidine rings is 1. The van der Waals surface area contributed by atoms with Crippen LogP contribution in [0.3, 0.4) is 0 Å². The molecule has 1 aliphatic heterocycles. The van der Waals surface area contributed by atoms with Crippen LogP contribution in [0.4, 0.5) is 5.69 Å². The van der Waals surface area contributed by atoms with Crippen molar-refractivity contribution in [2.75, 3.05) is 24.6 Å². The minimum Gasteiger partial charge on any atom is -0.396 e. The average molecular weight is 234 g/mol. The number of hydrogen-bond donors (Lipinski definition) is 2. The van der Waals surface area contributed by atoms with Crippen molar-refractivity contribution in [3.63, 3.8) is 0 Å². The molecule has 0 radical (unpaired) electrons. The lowest BCUT2D eigenvalue weighted by Crippen LogP contribution is -2.36. The van der Waals surface area contributed by atoms with Crippen molar-refractivity contribution in [2.24, 2.45) is 11.7 Å². The first kappa shape index (κ1) is 11.9. The van der Waals surface area contributed by atoms with Crippen molar-refractivity contribution >= 4 is 11.6 Å². The largest absolute Gasteiger partial charge is 0.396 e. The summed E-state index contributed by atoms with van der Waals surface area (Å²) in [5.74, 6) is 0.0110. The molecule has 2 rings (SSSR count). The molecule has 1 aromatic carbocycles. The molecule has 17 heavy (non-hydrogen) atoms. The summed E-state index contributed by atoms with van der Waals surface area (Å²) in [5, 5.41) is 9.10. The zero-order valence-electron chi connectivity index (χ0n) is 9.80. The number of nitrogens with two attached hydrogens (primary N) is 1. The number of aliphatic hydroxyl groups excluding tert-OH is 1. The highest BCUT2D eigenvalue weighted by atomic mass is 16.3. The second-order valence-electron chi connectivity index (χ2n) is 4.49. The smallest absolute Gasteiger partial charge is 0.250 e. The van der Waals surface area contributed by atoms with E-state index in [1.165, 1.54) is 0 Å². The van der Waals surface area contributed by atoms with Crippen LogP contribution in [0.5, 0.6) is 0 Å². The standard InChI is InChI=1S/C13H18N2O2/c14-13(17)11-3-1-2-4-12(11)15-7-5-10(9-16)6-8-15/h1-4,10,16H,5-9H2,(H2,14,17). The number of para-hydroxylation sites is 1. The zero-order valence-corrected chi connectivity index (χ0v) is 9.80. The van der Waals surface area contributed by atoms with Gasteiger partial charge in [-0.3, -0.25) is 4.79 Å². The van der Waals surface area contributed by atoms with Crippen LogP contribution in [0.1, 0.15) is 23.2 Å². The first-order valence-corrected chi connectivity index (χ1v) is 5.97. The van der Waals surface area contributed by atoms with Gasteiger partial charge in [0, 0.05) is 25.4 Å². The third-order valence-corrected chi connectivity index (χ3v) is 3.38. The Morgan fingerprint density at radius 3 is 2.59 bits per heavy atom. The molecule has 1 aliphatic rings. The minimum absolute atomic E-state index is 0.255. The topological polar surface area (TPSA) is 66.6 Å². The van der Waals surface area contributed by atoms with Gasteiger partial charge in [0.05, 0.1) is 5.56 Å². The Labute approximate surface area is 101 Å². The molecule has 1 aromatic rings. The van der Waals surface area contributed by atoms with Crippen LogP contribution in [-0.2, 0) is 0 Å². The molecule has 4 heteroatoms. The number of aliphatic hydroxyl groups is 1. The van der Waals surface area contributed by atoms with Crippen molar-refractivity contribution in [3.05, 3.63) is 29.8 Å². The van der Waals surface area contributed by atoms with Gasteiger partial charge in [-0.2, -0.15) is 0 Å². The number of anilines is 1. The first-order chi connectivity index (χ1) is 8.22. The van der Waals surface area contributed by atoms with Gasteiger partial charge in [-0.1, -0.05) is 12.1 Å². The van der Waals surface area contributed by atoms with Crippen LogP contribution in [-0.4, -0.2) is 30.7 Å². The van der Waals surface area contributed by atoms with Gasteiger partial charge in [-0.05, 0) is 30.9 Å². The SMILES string of the molecule is NC(=O)c1ccccc1N1CCC(CO)CC1. The van der Waals surface area contributed by atoms with E-state index < -0.39 is 0 Å². The maximum atomic E-state index is 11.3. The fraction of sp³-hybridized carbons (Fsp3) is 0.462. The lowest BCUT2D eigenvalue weighted by atomic mass is 9.97. The summed E-state index contributed by atoms with van der Waals surface area (Å²) in [6, 6.07) is 7.43. The van der Waals surface area contributed by atoms with Gasteiger partial charge in [0.2, 0.25) is 0 Å². The van der Waals surface area contributed by atoms with Crippen molar-refractivity contribution in [1.29, 1.82) is 0 Å². The van der Waals surface area contributed by atoms with Crippen molar-refractivity contribution in [1.82, 2.24) is 0 Å². The Bertz CT molecular complexity index is 398. The Hall–Kier alpha value is -1.55. The lowest BCUT2D eigenvalue weighted by Gasteiger charge is -2.33. The molecule has 3 N–H and O–H groups in total. The predicted octanol–water partition coefficient (Wildman–Crippen LogP) is 0.994. The quantitative estimate of drug-likeness (QED) is 0.819. The van der Waals surface area contributed by atoms with Crippen LogP contribution in [0.25, 0.3) is 0 Å². The average Bonchev–Trinajstić information content (AvgIpc) is 2.39. The third kappa shape index (κ3) is 2.58. The van der Waals surface area contributed by atoms with E-state index in [2.05, 4.69) is 4.90 Å². The van der Waals surface area contributed by atoms with Gasteiger partial charge in [-0.25, -0.2) is 0 Å². The van der Waals surface area contributed by atoms with Gasteiger partial charge in [0.1, 0.15) is 0 Å². The molecule has 0 atom stereocenters. The lowest BCUT2D eigenvalue weighted by molar-refractivity contribution is 0.100. The molecule has 92 valence electrons. The Balaban J connectivity index is 2.15. The van der Waals surface area contributed by atoms with E-state index in [0.29, 0.717) is 11.5 Å². The molecule has 0 bridgehead atoms. The summed E-state index contributed by atoms with van der Waals surface area (Å²) in [6.07, 6.45) is 1.92. The van der Waals surface area contributed by atoms with E-state index >= 15 is 0 Å². The number of nitrogens with zero attached hydrogens (tertiary/aromatic N) is 1. The van der Waals surface area contributed by atoms with Crippen LogP contribution < -0.4 is 10.6 Å². The zero-order chi connectivity index (χ0) is 12.3. The number of rotatable bonds is 3. The molecule has 4 nitrogen and oxygen atoms in total. The van der Waals surface area contributed by atoms with Crippen molar-refractivity contribution in [3.8, 4) is 0 Å². The Morgan fingerprint density at radius 2 is 2.00 bits per heavy atom. The highest BCUT2D eigenvalue weighted by molar-refractivity contribution is 5.98. The van der Waals surface area contributed by atoms with Gasteiger partial charge in [0.25, 0.3) is 5.91 Å². The minimum atomic E-state index is -0.384. The number of amides is 1. The van der Waals surface area contributed by atoms with E-state index in [0.717, 1.165) is 31.6 Å². The second-order valence-corrected chi connectivity index (χ2v) is 4.49. The number of hydrogen-bond acceptors (Lipinski definition) is 3. The molecule has 0 aromatic heterocycles. The van der Waals surface area contributed by atoms with E-state index in [9.17, 15) is 4.79 Å². The molecule has 1 saturated heterocycles. The number of primary amides is 1. The maximum absolute atomic E-state index is 11.3. The van der Waals surface area contributed by atoms with Crippen molar-refractivity contribution in [2.45, 2.75) is 12.8 Å². The number of benzene rings is 1. The van der Waals surface area contributed by atoms with E-state index in [1.54, 1.807) is 6.07 Å². The van der Waals surface area contributed by atoms with Gasteiger partial charge in [0.15, 0.2) is 0 Å². The maximum Gasteiger partial charge on any atom is 0.250 e.